The third-order valence-electron chi connectivity index (χ3n) is 6.54. The van der Waals surface area contributed by atoms with Crippen LogP contribution in [-0.2, 0) is 4.79 Å². The lowest BCUT2D eigenvalue weighted by molar-refractivity contribution is -0.910. The molecule has 5 heteroatoms. The second-order valence-electron chi connectivity index (χ2n) is 8.37. The molecule has 1 N–H and O–H groups in total. The molecule has 30 heavy (non-hydrogen) atoms. The highest BCUT2D eigenvalue weighted by Gasteiger charge is 2.34. The lowest BCUT2D eigenvalue weighted by Gasteiger charge is -2.29. The third kappa shape index (κ3) is 3.94. The molecule has 2 aromatic rings. The second kappa shape index (κ2) is 8.52. The molecule has 0 radical (unpaired) electrons. The summed E-state index contributed by atoms with van der Waals surface area (Å²) in [6.07, 6.45) is 5.41. The summed E-state index contributed by atoms with van der Waals surface area (Å²) in [5.41, 5.74) is 3.88. The summed E-state index contributed by atoms with van der Waals surface area (Å²) in [4.78, 5) is 16.4. The molecule has 3 aliphatic rings. The molecule has 1 amide bonds. The van der Waals surface area contributed by atoms with Crippen LogP contribution in [0.1, 0.15) is 36.4 Å². The minimum atomic E-state index is 0.262. The number of rotatable bonds is 4. The van der Waals surface area contributed by atoms with E-state index in [9.17, 15) is 4.79 Å². The highest BCUT2D eigenvalue weighted by atomic mass is 16.6. The maximum Gasteiger partial charge on any atom is 0.278 e. The Bertz CT molecular complexity index is 941. The smallest absolute Gasteiger partial charge is 0.278 e. The number of benzene rings is 2. The van der Waals surface area contributed by atoms with Gasteiger partial charge in [0, 0.05) is 31.5 Å². The van der Waals surface area contributed by atoms with E-state index in [0.29, 0.717) is 32.3 Å². The van der Waals surface area contributed by atoms with Gasteiger partial charge >= 0.3 is 0 Å². The van der Waals surface area contributed by atoms with Crippen LogP contribution < -0.4 is 14.4 Å². The first-order valence-electron chi connectivity index (χ1n) is 11.0. The number of hydrogen-bond donors (Lipinski definition) is 1. The molecule has 2 aromatic carbocycles. The van der Waals surface area contributed by atoms with Crippen molar-refractivity contribution in [2.45, 2.75) is 25.3 Å². The Balaban J connectivity index is 1.23. The van der Waals surface area contributed by atoms with Crippen LogP contribution in [0.25, 0.3) is 5.57 Å². The summed E-state index contributed by atoms with van der Waals surface area (Å²) < 4.78 is 11.4. The van der Waals surface area contributed by atoms with E-state index in [1.807, 2.05) is 17.0 Å². The SMILES string of the molecule is O=C(C[NH+]1CCC[C@H]1c1ccc2c(c1)OCCO2)N1CC=C(c2ccccc2)CC1. The maximum atomic E-state index is 13.0. The number of hydrogen-bond acceptors (Lipinski definition) is 3. The van der Waals surface area contributed by atoms with Crippen molar-refractivity contribution in [1.29, 1.82) is 0 Å². The van der Waals surface area contributed by atoms with Gasteiger partial charge in [-0.1, -0.05) is 36.4 Å². The first-order valence-corrected chi connectivity index (χ1v) is 11.0. The molecule has 1 saturated heterocycles. The fourth-order valence-corrected chi connectivity index (χ4v) is 4.92. The molecule has 0 bridgehead atoms. The van der Waals surface area contributed by atoms with Crippen molar-refractivity contribution in [1.82, 2.24) is 4.90 Å². The Hall–Kier alpha value is -2.79. The Morgan fingerprint density at radius 1 is 1.07 bits per heavy atom. The van der Waals surface area contributed by atoms with Crippen LogP contribution in [0.5, 0.6) is 11.5 Å². The molecule has 0 spiro atoms. The highest BCUT2D eigenvalue weighted by Crippen LogP contribution is 2.33. The molecule has 1 unspecified atom stereocenters. The fourth-order valence-electron chi connectivity index (χ4n) is 4.92. The van der Waals surface area contributed by atoms with E-state index < -0.39 is 0 Å². The summed E-state index contributed by atoms with van der Waals surface area (Å²) >= 11 is 0. The quantitative estimate of drug-likeness (QED) is 0.850. The highest BCUT2D eigenvalue weighted by molar-refractivity contribution is 5.79. The van der Waals surface area contributed by atoms with Crippen molar-refractivity contribution in [2.75, 3.05) is 39.4 Å². The van der Waals surface area contributed by atoms with E-state index in [-0.39, 0.29) is 5.91 Å². The average Bonchev–Trinajstić information content (AvgIpc) is 3.27. The zero-order valence-electron chi connectivity index (χ0n) is 17.3. The molecular formula is C25H29N2O3+. The minimum absolute atomic E-state index is 0.262. The van der Waals surface area contributed by atoms with Crippen LogP contribution in [0.4, 0.5) is 0 Å². The number of nitrogens with zero attached hydrogens (tertiary/aromatic N) is 1. The number of carbonyl (C=O) groups is 1. The van der Waals surface area contributed by atoms with E-state index in [0.717, 1.165) is 43.9 Å². The van der Waals surface area contributed by atoms with E-state index in [1.54, 1.807) is 0 Å². The summed E-state index contributed by atoms with van der Waals surface area (Å²) in [6, 6.07) is 17.1. The second-order valence-corrected chi connectivity index (χ2v) is 8.37. The number of likely N-dealkylation sites (tertiary alicyclic amines) is 1. The molecule has 3 aliphatic heterocycles. The molecule has 0 aliphatic carbocycles. The van der Waals surface area contributed by atoms with Crippen LogP contribution in [0, 0.1) is 0 Å². The number of fused-ring (bicyclic) bond motifs is 1. The third-order valence-corrected chi connectivity index (χ3v) is 6.54. The van der Waals surface area contributed by atoms with Gasteiger partial charge in [-0.2, -0.15) is 0 Å². The van der Waals surface area contributed by atoms with Gasteiger partial charge in [-0.15, -0.1) is 0 Å². The number of amides is 1. The lowest BCUT2D eigenvalue weighted by atomic mass is 9.99. The summed E-state index contributed by atoms with van der Waals surface area (Å²) in [6.45, 7) is 4.34. The van der Waals surface area contributed by atoms with Crippen LogP contribution in [0.3, 0.4) is 0 Å². The predicted molar refractivity (Wildman–Crippen MR) is 116 cm³/mol. The van der Waals surface area contributed by atoms with Crippen molar-refractivity contribution in [3.05, 3.63) is 65.7 Å². The molecule has 2 atom stereocenters. The van der Waals surface area contributed by atoms with E-state index in [1.165, 1.54) is 21.6 Å². The van der Waals surface area contributed by atoms with Gasteiger partial charge in [0.1, 0.15) is 19.3 Å². The lowest BCUT2D eigenvalue weighted by Crippen LogP contribution is -3.11. The van der Waals surface area contributed by atoms with Gasteiger partial charge < -0.3 is 19.3 Å². The van der Waals surface area contributed by atoms with Gasteiger partial charge in [0.15, 0.2) is 18.0 Å². The normalized spacial score (nSPS) is 23.2. The molecule has 5 rings (SSSR count). The Morgan fingerprint density at radius 3 is 2.70 bits per heavy atom. The maximum absolute atomic E-state index is 13.0. The summed E-state index contributed by atoms with van der Waals surface area (Å²) in [5, 5.41) is 0. The van der Waals surface area contributed by atoms with E-state index >= 15 is 0 Å². The topological polar surface area (TPSA) is 43.2 Å². The number of quaternary nitrogens is 1. The zero-order valence-corrected chi connectivity index (χ0v) is 17.3. The molecule has 1 fully saturated rings. The minimum Gasteiger partial charge on any atom is -0.486 e. The van der Waals surface area contributed by atoms with Crippen molar-refractivity contribution < 1.29 is 19.2 Å². The summed E-state index contributed by atoms with van der Waals surface area (Å²) in [5.74, 6) is 1.93. The molecule has 3 heterocycles. The van der Waals surface area contributed by atoms with Gasteiger partial charge in [-0.3, -0.25) is 4.79 Å². The average molecular weight is 406 g/mol. The van der Waals surface area contributed by atoms with Crippen LogP contribution >= 0.6 is 0 Å². The van der Waals surface area contributed by atoms with Crippen LogP contribution in [-0.4, -0.2) is 50.2 Å². The van der Waals surface area contributed by atoms with Crippen molar-refractivity contribution in [3.63, 3.8) is 0 Å². The Kier molecular flexibility index (Phi) is 5.45. The van der Waals surface area contributed by atoms with E-state index in [2.05, 4.69) is 42.5 Å². The molecule has 0 aromatic heterocycles. The van der Waals surface area contributed by atoms with Gasteiger partial charge in [-0.05, 0) is 35.8 Å². The monoisotopic (exact) mass is 405 g/mol. The molecule has 5 nitrogen and oxygen atoms in total. The van der Waals surface area contributed by atoms with Gasteiger partial charge in [0.2, 0.25) is 0 Å². The first-order chi connectivity index (χ1) is 14.8. The number of carbonyl (C=O) groups excluding carboxylic acids is 1. The van der Waals surface area contributed by atoms with E-state index in [4.69, 9.17) is 9.47 Å². The van der Waals surface area contributed by atoms with Gasteiger partial charge in [-0.25, -0.2) is 0 Å². The molecule has 0 saturated carbocycles. The first kappa shape index (κ1) is 19.2. The van der Waals surface area contributed by atoms with Crippen molar-refractivity contribution >= 4 is 11.5 Å². The summed E-state index contributed by atoms with van der Waals surface area (Å²) in [7, 11) is 0. The van der Waals surface area contributed by atoms with Crippen molar-refractivity contribution in [3.8, 4) is 11.5 Å². The largest absolute Gasteiger partial charge is 0.486 e. The van der Waals surface area contributed by atoms with Gasteiger partial charge in [0.05, 0.1) is 6.54 Å². The Morgan fingerprint density at radius 2 is 1.90 bits per heavy atom. The van der Waals surface area contributed by atoms with Crippen LogP contribution in [0.2, 0.25) is 0 Å². The Labute approximate surface area is 177 Å². The van der Waals surface area contributed by atoms with Crippen molar-refractivity contribution in [2.24, 2.45) is 0 Å². The molecule has 156 valence electrons. The number of ether oxygens (including phenoxy) is 2. The zero-order chi connectivity index (χ0) is 20.3. The predicted octanol–water partition coefficient (Wildman–Crippen LogP) is 2.49. The molecular weight excluding hydrogens is 376 g/mol. The van der Waals surface area contributed by atoms with Gasteiger partial charge in [0.25, 0.3) is 5.91 Å². The fraction of sp³-hybridized carbons (Fsp3) is 0.400. The van der Waals surface area contributed by atoms with Crippen LogP contribution in [0.15, 0.2) is 54.6 Å². The standard InChI is InChI=1S/C25H28N2O3/c28-25(26-13-10-20(11-14-26)19-5-2-1-3-6-19)18-27-12-4-7-22(27)21-8-9-23-24(17-21)30-16-15-29-23/h1-3,5-6,8-10,17,22H,4,7,11-16,18H2/p+1/t22-/m0/s1. The number of nitrogens with one attached hydrogen (secondary N) is 1.